The van der Waals surface area contributed by atoms with E-state index >= 15 is 0 Å². The van der Waals surface area contributed by atoms with Gasteiger partial charge in [-0.15, -0.1) is 0 Å². The molecule has 1 heterocycles. The minimum absolute atomic E-state index is 0.274. The lowest BCUT2D eigenvalue weighted by Gasteiger charge is -2.20. The summed E-state index contributed by atoms with van der Waals surface area (Å²) in [7, 11) is 0. The first-order valence-electron chi connectivity index (χ1n) is 6.24. The molecule has 0 radical (unpaired) electrons. The topological polar surface area (TPSA) is 31.2 Å². The van der Waals surface area contributed by atoms with E-state index in [1.165, 1.54) is 22.9 Å². The van der Waals surface area contributed by atoms with Crippen molar-refractivity contribution >= 4 is 33.6 Å². The number of hydrogen-bond donors (Lipinski definition) is 0. The van der Waals surface area contributed by atoms with Gasteiger partial charge in [0.15, 0.2) is 0 Å². The fourth-order valence-electron chi connectivity index (χ4n) is 1.80. The molecule has 0 aliphatic carbocycles. The molecule has 0 fully saturated rings. The van der Waals surface area contributed by atoms with Crippen molar-refractivity contribution in [2.24, 2.45) is 0 Å². The van der Waals surface area contributed by atoms with Gasteiger partial charge in [0.05, 0.1) is 5.69 Å². The Bertz CT molecular complexity index is 691. The molecule has 21 heavy (non-hydrogen) atoms. The molecule has 0 unspecified atom stereocenters. The van der Waals surface area contributed by atoms with E-state index in [0.29, 0.717) is 15.2 Å². The first-order chi connectivity index (χ1) is 9.67. The number of ether oxygens (including phenoxy) is 1. The summed E-state index contributed by atoms with van der Waals surface area (Å²) in [6, 6.07) is 5.95. The standard InChI is InChI=1S/C15H14BrClFNO2/c1-15(2,3)21-14(20)19-8-9(16)6-13(19)11-5-4-10(17)7-12(11)18/h4-8H,1-3H3. The first-order valence-corrected chi connectivity index (χ1v) is 7.41. The molecule has 0 spiro atoms. The van der Waals surface area contributed by atoms with Crippen molar-refractivity contribution in [2.75, 3.05) is 0 Å². The van der Waals surface area contributed by atoms with Gasteiger partial charge in [-0.05, 0) is 61.0 Å². The van der Waals surface area contributed by atoms with Gasteiger partial charge in [-0.3, -0.25) is 4.57 Å². The molecule has 0 saturated heterocycles. The molecule has 1 aromatic carbocycles. The summed E-state index contributed by atoms with van der Waals surface area (Å²) in [5, 5.41) is 0.297. The van der Waals surface area contributed by atoms with Gasteiger partial charge in [-0.2, -0.15) is 0 Å². The summed E-state index contributed by atoms with van der Waals surface area (Å²) in [4.78, 5) is 12.2. The van der Waals surface area contributed by atoms with Crippen LogP contribution < -0.4 is 0 Å². The number of rotatable bonds is 1. The van der Waals surface area contributed by atoms with E-state index in [2.05, 4.69) is 15.9 Å². The van der Waals surface area contributed by atoms with E-state index in [-0.39, 0.29) is 5.56 Å². The predicted octanol–water partition coefficient (Wildman–Crippen LogP) is 5.49. The monoisotopic (exact) mass is 373 g/mol. The van der Waals surface area contributed by atoms with Crippen LogP contribution in [0.4, 0.5) is 9.18 Å². The van der Waals surface area contributed by atoms with E-state index in [1.807, 2.05) is 0 Å². The number of benzene rings is 1. The van der Waals surface area contributed by atoms with Crippen molar-refractivity contribution in [2.45, 2.75) is 26.4 Å². The number of nitrogens with zero attached hydrogens (tertiary/aromatic N) is 1. The summed E-state index contributed by atoms with van der Waals surface area (Å²) >= 11 is 9.04. The minimum Gasteiger partial charge on any atom is -0.443 e. The van der Waals surface area contributed by atoms with Crippen LogP contribution in [0.5, 0.6) is 0 Å². The Morgan fingerprint density at radius 3 is 2.57 bits per heavy atom. The number of halogens is 3. The van der Waals surface area contributed by atoms with E-state index in [9.17, 15) is 9.18 Å². The quantitative estimate of drug-likeness (QED) is 0.660. The van der Waals surface area contributed by atoms with Gasteiger partial charge in [0.2, 0.25) is 0 Å². The molecule has 6 heteroatoms. The lowest BCUT2D eigenvalue weighted by molar-refractivity contribution is 0.0540. The SMILES string of the molecule is CC(C)(C)OC(=O)n1cc(Br)cc1-c1ccc(Cl)cc1F. The second-order valence-electron chi connectivity index (χ2n) is 5.52. The summed E-state index contributed by atoms with van der Waals surface area (Å²) in [6.07, 6.45) is 0.967. The van der Waals surface area contributed by atoms with Crippen LogP contribution in [-0.4, -0.2) is 16.3 Å². The zero-order chi connectivity index (χ0) is 15.8. The van der Waals surface area contributed by atoms with Crippen molar-refractivity contribution in [3.8, 4) is 11.3 Å². The van der Waals surface area contributed by atoms with Crippen LogP contribution in [0, 0.1) is 5.82 Å². The molecule has 0 bridgehead atoms. The number of aromatic nitrogens is 1. The molecule has 0 atom stereocenters. The smallest absolute Gasteiger partial charge is 0.419 e. The molecule has 2 aromatic rings. The van der Waals surface area contributed by atoms with Gasteiger partial charge in [0.1, 0.15) is 11.4 Å². The van der Waals surface area contributed by atoms with Gasteiger partial charge in [-0.25, -0.2) is 9.18 Å². The molecule has 0 aliphatic rings. The fraction of sp³-hybridized carbons (Fsp3) is 0.267. The zero-order valence-electron chi connectivity index (χ0n) is 11.8. The van der Waals surface area contributed by atoms with Crippen LogP contribution in [0.15, 0.2) is 34.9 Å². The first kappa shape index (κ1) is 16.0. The van der Waals surface area contributed by atoms with Crippen LogP contribution >= 0.6 is 27.5 Å². The van der Waals surface area contributed by atoms with Crippen LogP contribution in [-0.2, 0) is 4.74 Å². The Balaban J connectivity index is 2.48. The van der Waals surface area contributed by atoms with E-state index in [0.717, 1.165) is 0 Å². The maximum atomic E-state index is 14.1. The number of carbonyl (C=O) groups is 1. The average Bonchev–Trinajstić information content (AvgIpc) is 2.69. The predicted molar refractivity (Wildman–Crippen MR) is 84.2 cm³/mol. The van der Waals surface area contributed by atoms with Gasteiger partial charge < -0.3 is 4.74 Å². The molecule has 0 amide bonds. The van der Waals surface area contributed by atoms with E-state index in [4.69, 9.17) is 16.3 Å². The molecule has 0 aliphatic heterocycles. The lowest BCUT2D eigenvalue weighted by Crippen LogP contribution is -2.27. The van der Waals surface area contributed by atoms with Crippen LogP contribution in [0.1, 0.15) is 20.8 Å². The van der Waals surface area contributed by atoms with Crippen LogP contribution in [0.3, 0.4) is 0 Å². The molecule has 3 nitrogen and oxygen atoms in total. The van der Waals surface area contributed by atoms with Gasteiger partial charge in [0, 0.05) is 21.3 Å². The summed E-state index contributed by atoms with van der Waals surface area (Å²) in [6.45, 7) is 5.31. The zero-order valence-corrected chi connectivity index (χ0v) is 14.1. The number of hydrogen-bond acceptors (Lipinski definition) is 2. The summed E-state index contributed by atoms with van der Waals surface area (Å²) in [5.41, 5.74) is 0.0325. The van der Waals surface area contributed by atoms with Gasteiger partial charge in [0.25, 0.3) is 0 Å². The Morgan fingerprint density at radius 2 is 2.00 bits per heavy atom. The van der Waals surface area contributed by atoms with Crippen molar-refractivity contribution in [1.29, 1.82) is 0 Å². The normalized spacial score (nSPS) is 11.5. The minimum atomic E-state index is -0.635. The third-order valence-corrected chi connectivity index (χ3v) is 3.25. The number of carbonyl (C=O) groups excluding carboxylic acids is 1. The Morgan fingerprint density at radius 1 is 1.33 bits per heavy atom. The van der Waals surface area contributed by atoms with E-state index < -0.39 is 17.5 Å². The summed E-state index contributed by atoms with van der Waals surface area (Å²) in [5.74, 6) is -0.502. The Kier molecular flexibility index (Phi) is 4.44. The average molecular weight is 375 g/mol. The fourth-order valence-corrected chi connectivity index (χ4v) is 2.38. The molecule has 2 rings (SSSR count). The second-order valence-corrected chi connectivity index (χ2v) is 6.87. The van der Waals surface area contributed by atoms with E-state index in [1.54, 1.807) is 32.9 Å². The largest absolute Gasteiger partial charge is 0.443 e. The molecular formula is C15H14BrClFNO2. The molecule has 0 N–H and O–H groups in total. The highest BCUT2D eigenvalue weighted by molar-refractivity contribution is 9.10. The van der Waals surface area contributed by atoms with Crippen molar-refractivity contribution in [1.82, 2.24) is 4.57 Å². The Labute approximate surface area is 135 Å². The van der Waals surface area contributed by atoms with Crippen molar-refractivity contribution in [3.63, 3.8) is 0 Å². The third-order valence-electron chi connectivity index (χ3n) is 2.58. The van der Waals surface area contributed by atoms with Crippen molar-refractivity contribution < 1.29 is 13.9 Å². The lowest BCUT2D eigenvalue weighted by atomic mass is 10.1. The summed E-state index contributed by atoms with van der Waals surface area (Å²) < 4.78 is 21.3. The van der Waals surface area contributed by atoms with Crippen LogP contribution in [0.25, 0.3) is 11.3 Å². The molecule has 112 valence electrons. The third kappa shape index (κ3) is 3.86. The van der Waals surface area contributed by atoms with Crippen molar-refractivity contribution in [3.05, 3.63) is 45.8 Å². The highest BCUT2D eigenvalue weighted by Gasteiger charge is 2.22. The van der Waals surface area contributed by atoms with Gasteiger partial charge in [-0.1, -0.05) is 11.6 Å². The highest BCUT2D eigenvalue weighted by atomic mass is 79.9. The molecule has 1 aromatic heterocycles. The molecular weight excluding hydrogens is 361 g/mol. The maximum absolute atomic E-state index is 14.1. The molecule has 0 saturated carbocycles. The van der Waals surface area contributed by atoms with Crippen LogP contribution in [0.2, 0.25) is 5.02 Å². The highest BCUT2D eigenvalue weighted by Crippen LogP contribution is 2.29. The Hall–Kier alpha value is -1.33. The van der Waals surface area contributed by atoms with Gasteiger partial charge >= 0.3 is 6.09 Å². The second kappa shape index (κ2) is 5.81. The maximum Gasteiger partial charge on any atom is 0.419 e.